The van der Waals surface area contributed by atoms with E-state index in [0.717, 1.165) is 15.7 Å². The van der Waals surface area contributed by atoms with Crippen molar-refractivity contribution in [3.05, 3.63) is 59.9 Å². The predicted molar refractivity (Wildman–Crippen MR) is 101 cm³/mol. The lowest BCUT2D eigenvalue weighted by Crippen LogP contribution is -2.32. The first-order chi connectivity index (χ1) is 12.2. The second kappa shape index (κ2) is 7.88. The van der Waals surface area contributed by atoms with Gasteiger partial charge >= 0.3 is 0 Å². The van der Waals surface area contributed by atoms with Gasteiger partial charge in [0, 0.05) is 30.5 Å². The molecule has 0 aliphatic heterocycles. The number of sulfonamides is 1. The third-order valence-electron chi connectivity index (χ3n) is 4.32. The number of hydrogen-bond donors (Lipinski definition) is 0. The normalized spacial score (nSPS) is 11.6. The lowest BCUT2D eigenvalue weighted by Gasteiger charge is -2.17. The van der Waals surface area contributed by atoms with Crippen LogP contribution in [0.4, 0.5) is 0 Å². The lowest BCUT2D eigenvalue weighted by atomic mass is 10.1. The number of rotatable bonds is 8. The summed E-state index contributed by atoms with van der Waals surface area (Å²) >= 11 is 0. The van der Waals surface area contributed by atoms with Crippen LogP contribution in [0, 0.1) is 13.8 Å². The summed E-state index contributed by atoms with van der Waals surface area (Å²) in [4.78, 5) is 12.8. The smallest absolute Gasteiger partial charge is 0.243 e. The van der Waals surface area contributed by atoms with Crippen molar-refractivity contribution in [1.29, 1.82) is 0 Å². The van der Waals surface area contributed by atoms with E-state index in [1.54, 1.807) is 24.3 Å². The second-order valence-electron chi connectivity index (χ2n) is 6.04. The highest BCUT2D eigenvalue weighted by atomic mass is 32.2. The lowest BCUT2D eigenvalue weighted by molar-refractivity contribution is 0.0972. The molecule has 2 rings (SSSR count). The molecular weight excluding hydrogens is 352 g/mol. The third kappa shape index (κ3) is 3.89. The Balaban J connectivity index is 2.22. The SMILES string of the molecule is C=CCn1c(C)cc(C(=O)CN(C)S(=O)(=O)c2ccc(OC)cc2)c1C. The van der Waals surface area contributed by atoms with Crippen molar-refractivity contribution in [2.75, 3.05) is 20.7 Å². The van der Waals surface area contributed by atoms with Crippen molar-refractivity contribution in [3.63, 3.8) is 0 Å². The molecule has 7 heteroatoms. The van der Waals surface area contributed by atoms with Gasteiger partial charge in [0.05, 0.1) is 18.6 Å². The van der Waals surface area contributed by atoms with Gasteiger partial charge in [0.25, 0.3) is 0 Å². The third-order valence-corrected chi connectivity index (χ3v) is 6.14. The van der Waals surface area contributed by atoms with Crippen LogP contribution in [0.15, 0.2) is 47.9 Å². The number of likely N-dealkylation sites (N-methyl/N-ethyl adjacent to an activating group) is 1. The van der Waals surface area contributed by atoms with Crippen LogP contribution in [0.25, 0.3) is 0 Å². The largest absolute Gasteiger partial charge is 0.497 e. The summed E-state index contributed by atoms with van der Waals surface area (Å²) in [6.07, 6.45) is 1.76. The van der Waals surface area contributed by atoms with Gasteiger partial charge in [0.15, 0.2) is 5.78 Å². The molecule has 0 amide bonds. The number of Topliss-reactive ketones (excluding diaryl/α,β-unsaturated/α-hetero) is 1. The van der Waals surface area contributed by atoms with Gasteiger partial charge in [0.1, 0.15) is 5.75 Å². The molecule has 0 unspecified atom stereocenters. The zero-order valence-corrected chi connectivity index (χ0v) is 16.3. The highest BCUT2D eigenvalue weighted by molar-refractivity contribution is 7.89. The van der Waals surface area contributed by atoms with Crippen LogP contribution in [0.5, 0.6) is 5.75 Å². The van der Waals surface area contributed by atoms with Gasteiger partial charge in [-0.1, -0.05) is 6.08 Å². The Morgan fingerprint density at radius 3 is 2.42 bits per heavy atom. The molecule has 140 valence electrons. The number of aryl methyl sites for hydroxylation is 1. The average molecular weight is 376 g/mol. The predicted octanol–water partition coefficient (Wildman–Crippen LogP) is 2.80. The summed E-state index contributed by atoms with van der Waals surface area (Å²) in [5.41, 5.74) is 2.27. The maximum absolute atomic E-state index is 12.7. The molecule has 1 heterocycles. The number of ketones is 1. The van der Waals surface area contributed by atoms with Gasteiger partial charge < -0.3 is 9.30 Å². The van der Waals surface area contributed by atoms with Crippen LogP contribution in [0.3, 0.4) is 0 Å². The van der Waals surface area contributed by atoms with E-state index in [4.69, 9.17) is 4.74 Å². The molecule has 0 saturated heterocycles. The van der Waals surface area contributed by atoms with Crippen molar-refractivity contribution in [3.8, 4) is 5.75 Å². The molecular formula is C19H24N2O4S. The summed E-state index contributed by atoms with van der Waals surface area (Å²) in [5.74, 6) is 0.324. The fourth-order valence-corrected chi connectivity index (χ4v) is 3.92. The van der Waals surface area contributed by atoms with E-state index in [0.29, 0.717) is 17.9 Å². The minimum atomic E-state index is -3.76. The summed E-state index contributed by atoms with van der Waals surface area (Å²) in [7, 11) is -0.845. The Morgan fingerprint density at radius 2 is 1.88 bits per heavy atom. The first-order valence-corrected chi connectivity index (χ1v) is 9.57. The number of hydrogen-bond acceptors (Lipinski definition) is 4. The summed E-state index contributed by atoms with van der Waals surface area (Å²) in [5, 5.41) is 0. The van der Waals surface area contributed by atoms with Crippen LogP contribution >= 0.6 is 0 Å². The number of ether oxygens (including phenoxy) is 1. The molecule has 0 aliphatic carbocycles. The van der Waals surface area contributed by atoms with Gasteiger partial charge in [0.2, 0.25) is 10.0 Å². The van der Waals surface area contributed by atoms with Crippen LogP contribution in [0.1, 0.15) is 21.7 Å². The maximum Gasteiger partial charge on any atom is 0.243 e. The van der Waals surface area contributed by atoms with E-state index < -0.39 is 10.0 Å². The zero-order valence-electron chi connectivity index (χ0n) is 15.5. The van der Waals surface area contributed by atoms with Crippen molar-refractivity contribution in [2.24, 2.45) is 0 Å². The molecule has 0 bridgehead atoms. The number of carbonyl (C=O) groups excluding carboxylic acids is 1. The van der Waals surface area contributed by atoms with E-state index in [1.807, 2.05) is 18.4 Å². The molecule has 2 aromatic rings. The number of aromatic nitrogens is 1. The quantitative estimate of drug-likeness (QED) is 0.525. The first-order valence-electron chi connectivity index (χ1n) is 8.13. The molecule has 0 spiro atoms. The number of nitrogens with zero attached hydrogens (tertiary/aromatic N) is 2. The summed E-state index contributed by atoms with van der Waals surface area (Å²) < 4.78 is 33.4. The van der Waals surface area contributed by atoms with E-state index in [2.05, 4.69) is 6.58 Å². The molecule has 1 aromatic heterocycles. The van der Waals surface area contributed by atoms with Crippen LogP contribution < -0.4 is 4.74 Å². The Bertz CT molecular complexity index is 912. The van der Waals surface area contributed by atoms with Gasteiger partial charge in [-0.2, -0.15) is 4.31 Å². The topological polar surface area (TPSA) is 68.6 Å². The first kappa shape index (κ1) is 19.9. The Labute approximate surface area is 154 Å². The van der Waals surface area contributed by atoms with Gasteiger partial charge in [-0.05, 0) is 44.2 Å². The fourth-order valence-electron chi connectivity index (χ4n) is 2.79. The highest BCUT2D eigenvalue weighted by Gasteiger charge is 2.25. The number of carbonyl (C=O) groups is 1. The molecule has 1 aromatic carbocycles. The van der Waals surface area contributed by atoms with Gasteiger partial charge in [-0.25, -0.2) is 8.42 Å². The van der Waals surface area contributed by atoms with Gasteiger partial charge in [-0.15, -0.1) is 6.58 Å². The van der Waals surface area contributed by atoms with E-state index >= 15 is 0 Å². The zero-order chi connectivity index (χ0) is 19.5. The molecule has 26 heavy (non-hydrogen) atoms. The van der Waals surface area contributed by atoms with Crippen LogP contribution in [-0.2, 0) is 16.6 Å². The molecule has 0 aliphatic rings. The molecule has 0 N–H and O–H groups in total. The van der Waals surface area contributed by atoms with E-state index in [-0.39, 0.29) is 17.2 Å². The van der Waals surface area contributed by atoms with Gasteiger partial charge in [-0.3, -0.25) is 4.79 Å². The summed E-state index contributed by atoms with van der Waals surface area (Å²) in [6.45, 7) is 7.85. The number of allylic oxidation sites excluding steroid dienone is 1. The van der Waals surface area contributed by atoms with Crippen molar-refractivity contribution < 1.29 is 17.9 Å². The fraction of sp³-hybridized carbons (Fsp3) is 0.316. The van der Waals surface area contributed by atoms with Crippen molar-refractivity contribution in [2.45, 2.75) is 25.3 Å². The van der Waals surface area contributed by atoms with E-state index in [9.17, 15) is 13.2 Å². The standard InChI is InChI=1S/C19H24N2O4S/c1-6-11-21-14(2)12-18(15(21)3)19(22)13-20(4)26(23,24)17-9-7-16(25-5)8-10-17/h6-10,12H,1,11,13H2,2-5H3. The monoisotopic (exact) mass is 376 g/mol. The molecule has 6 nitrogen and oxygen atoms in total. The van der Waals surface area contributed by atoms with E-state index in [1.165, 1.54) is 26.3 Å². The molecule has 0 fully saturated rings. The Kier molecular flexibility index (Phi) is 6.05. The molecule has 0 saturated carbocycles. The number of methoxy groups -OCH3 is 1. The van der Waals surface area contributed by atoms with Crippen LogP contribution in [0.2, 0.25) is 0 Å². The van der Waals surface area contributed by atoms with Crippen molar-refractivity contribution >= 4 is 15.8 Å². The molecule has 0 atom stereocenters. The minimum absolute atomic E-state index is 0.116. The van der Waals surface area contributed by atoms with Crippen molar-refractivity contribution in [1.82, 2.24) is 8.87 Å². The molecule has 0 radical (unpaired) electrons. The average Bonchev–Trinajstić information content (AvgIpc) is 2.90. The number of benzene rings is 1. The Hall–Kier alpha value is -2.38. The van der Waals surface area contributed by atoms with Crippen LogP contribution in [-0.4, -0.2) is 43.8 Å². The maximum atomic E-state index is 12.7. The summed E-state index contributed by atoms with van der Waals surface area (Å²) in [6, 6.07) is 7.86. The second-order valence-corrected chi connectivity index (χ2v) is 8.09. The highest BCUT2D eigenvalue weighted by Crippen LogP contribution is 2.20. The Morgan fingerprint density at radius 1 is 1.27 bits per heavy atom. The minimum Gasteiger partial charge on any atom is -0.497 e.